The average Bonchev–Trinajstić information content (AvgIpc) is 2.58. The molecule has 1 aromatic heterocycles. The highest BCUT2D eigenvalue weighted by Gasteiger charge is 2.26. The van der Waals surface area contributed by atoms with Gasteiger partial charge in [-0.05, 0) is 31.5 Å². The summed E-state index contributed by atoms with van der Waals surface area (Å²) in [6.07, 6.45) is 0. The summed E-state index contributed by atoms with van der Waals surface area (Å²) < 4.78 is 41.7. The number of benzene rings is 1. The molecule has 0 aliphatic rings. The zero-order valence-corrected chi connectivity index (χ0v) is 12.7. The van der Waals surface area contributed by atoms with Gasteiger partial charge in [0, 0.05) is 7.05 Å². The molecule has 20 heavy (non-hydrogen) atoms. The van der Waals surface area contributed by atoms with Crippen molar-refractivity contribution in [3.05, 3.63) is 40.4 Å². The van der Waals surface area contributed by atoms with E-state index in [0.717, 1.165) is 5.56 Å². The number of nitrogens with one attached hydrogen (secondary N) is 1. The Morgan fingerprint density at radius 2 is 2.00 bits per heavy atom. The van der Waals surface area contributed by atoms with Crippen molar-refractivity contribution in [3.8, 4) is 0 Å². The lowest BCUT2D eigenvalue weighted by Gasteiger charge is -2.09. The van der Waals surface area contributed by atoms with Crippen molar-refractivity contribution in [1.29, 1.82) is 0 Å². The fourth-order valence-corrected chi connectivity index (χ4v) is 3.64. The molecule has 0 saturated heterocycles. The van der Waals surface area contributed by atoms with Crippen LogP contribution in [0.4, 0.5) is 10.1 Å². The standard InChI is InChI=1S/C12H13ClFN3O2S/c1-7-4-5-9(14)10(6-7)16-20(18,19)11-8(2)15-17(3)12(11)13/h4-6,16H,1-3H3. The van der Waals surface area contributed by atoms with E-state index in [0.29, 0.717) is 0 Å². The van der Waals surface area contributed by atoms with E-state index in [1.54, 1.807) is 13.0 Å². The molecule has 2 aromatic rings. The topological polar surface area (TPSA) is 64.0 Å². The van der Waals surface area contributed by atoms with E-state index >= 15 is 0 Å². The van der Waals surface area contributed by atoms with Crippen molar-refractivity contribution >= 4 is 27.3 Å². The van der Waals surface area contributed by atoms with Crippen molar-refractivity contribution in [3.63, 3.8) is 0 Å². The zero-order chi connectivity index (χ0) is 15.1. The number of sulfonamides is 1. The van der Waals surface area contributed by atoms with Crippen LogP contribution in [-0.2, 0) is 17.1 Å². The number of hydrogen-bond acceptors (Lipinski definition) is 3. The first-order valence-corrected chi connectivity index (χ1v) is 7.56. The molecule has 0 spiro atoms. The summed E-state index contributed by atoms with van der Waals surface area (Å²) in [4.78, 5) is -0.150. The van der Waals surface area contributed by atoms with E-state index < -0.39 is 15.8 Å². The monoisotopic (exact) mass is 317 g/mol. The minimum Gasteiger partial charge on any atom is -0.276 e. The van der Waals surface area contributed by atoms with Crippen molar-refractivity contribution in [2.24, 2.45) is 7.05 Å². The summed E-state index contributed by atoms with van der Waals surface area (Å²) in [5.74, 6) is -0.656. The molecule has 5 nitrogen and oxygen atoms in total. The Balaban J connectivity index is 2.49. The van der Waals surface area contributed by atoms with Gasteiger partial charge in [-0.25, -0.2) is 12.8 Å². The molecule has 0 aliphatic carbocycles. The van der Waals surface area contributed by atoms with Crippen molar-refractivity contribution < 1.29 is 12.8 Å². The van der Waals surface area contributed by atoms with Crippen LogP contribution >= 0.6 is 11.6 Å². The van der Waals surface area contributed by atoms with Crippen molar-refractivity contribution in [2.75, 3.05) is 4.72 Å². The van der Waals surface area contributed by atoms with Crippen LogP contribution in [0.2, 0.25) is 5.15 Å². The predicted octanol–water partition coefficient (Wildman–Crippen LogP) is 2.63. The van der Waals surface area contributed by atoms with Gasteiger partial charge in [0.25, 0.3) is 10.0 Å². The number of rotatable bonds is 3. The third-order valence-corrected chi connectivity index (χ3v) is 4.80. The normalized spacial score (nSPS) is 11.7. The van der Waals surface area contributed by atoms with E-state index in [9.17, 15) is 12.8 Å². The van der Waals surface area contributed by atoms with Crippen LogP contribution in [0.15, 0.2) is 23.1 Å². The number of nitrogens with zero attached hydrogens (tertiary/aromatic N) is 2. The summed E-state index contributed by atoms with van der Waals surface area (Å²) >= 11 is 5.92. The van der Waals surface area contributed by atoms with E-state index in [1.165, 1.54) is 30.8 Å². The maximum absolute atomic E-state index is 13.6. The lowest BCUT2D eigenvalue weighted by molar-refractivity contribution is 0.598. The highest BCUT2D eigenvalue weighted by Crippen LogP contribution is 2.27. The summed E-state index contributed by atoms with van der Waals surface area (Å²) in [6, 6.07) is 4.16. The summed E-state index contributed by atoms with van der Waals surface area (Å²) in [6.45, 7) is 3.26. The van der Waals surface area contributed by atoms with Crippen LogP contribution in [0.3, 0.4) is 0 Å². The van der Waals surface area contributed by atoms with E-state index in [-0.39, 0.29) is 21.4 Å². The van der Waals surface area contributed by atoms with E-state index in [1.807, 2.05) is 0 Å². The molecule has 0 radical (unpaired) electrons. The second-order valence-corrected chi connectivity index (χ2v) is 6.40. The van der Waals surface area contributed by atoms with Crippen LogP contribution in [-0.4, -0.2) is 18.2 Å². The average molecular weight is 318 g/mol. The Kier molecular flexibility index (Phi) is 3.75. The van der Waals surface area contributed by atoms with Crippen molar-refractivity contribution in [2.45, 2.75) is 18.7 Å². The second-order valence-electron chi connectivity index (χ2n) is 4.42. The molecule has 108 valence electrons. The zero-order valence-electron chi connectivity index (χ0n) is 11.1. The summed E-state index contributed by atoms with van der Waals surface area (Å²) in [7, 11) is -2.47. The fraction of sp³-hybridized carbons (Fsp3) is 0.250. The van der Waals surface area contributed by atoms with Crippen LogP contribution in [0.5, 0.6) is 0 Å². The van der Waals surface area contributed by atoms with E-state index in [4.69, 9.17) is 11.6 Å². The molecule has 0 atom stereocenters. The van der Waals surface area contributed by atoms with Gasteiger partial charge >= 0.3 is 0 Å². The first-order chi connectivity index (χ1) is 9.22. The van der Waals surface area contributed by atoms with Crippen LogP contribution in [0.1, 0.15) is 11.3 Å². The molecular formula is C12H13ClFN3O2S. The third kappa shape index (κ3) is 2.64. The van der Waals surface area contributed by atoms with Gasteiger partial charge in [-0.15, -0.1) is 0 Å². The first-order valence-electron chi connectivity index (χ1n) is 5.70. The molecule has 2 rings (SSSR count). The molecule has 0 bridgehead atoms. The molecule has 8 heteroatoms. The van der Waals surface area contributed by atoms with Crippen LogP contribution in [0.25, 0.3) is 0 Å². The third-order valence-electron chi connectivity index (χ3n) is 2.74. The largest absolute Gasteiger partial charge is 0.276 e. The van der Waals surface area contributed by atoms with Gasteiger partial charge in [0.15, 0.2) is 0 Å². The van der Waals surface area contributed by atoms with Crippen LogP contribution in [0, 0.1) is 19.7 Å². The SMILES string of the molecule is Cc1ccc(F)c(NS(=O)(=O)c2c(C)nn(C)c2Cl)c1. The second kappa shape index (κ2) is 5.06. The van der Waals surface area contributed by atoms with Gasteiger partial charge in [0.2, 0.25) is 0 Å². The Labute approximate surface area is 121 Å². The van der Waals surface area contributed by atoms with Crippen LogP contribution < -0.4 is 4.72 Å². The molecule has 1 aromatic carbocycles. The first kappa shape index (κ1) is 14.8. The summed E-state index contributed by atoms with van der Waals surface area (Å²) in [5, 5.41) is 3.91. The van der Waals surface area contributed by atoms with Gasteiger partial charge in [0.05, 0.1) is 11.4 Å². The smallest absolute Gasteiger partial charge is 0.266 e. The Morgan fingerprint density at radius 1 is 1.35 bits per heavy atom. The van der Waals surface area contributed by atoms with Gasteiger partial charge in [-0.3, -0.25) is 9.40 Å². The summed E-state index contributed by atoms with van der Waals surface area (Å²) in [5.41, 5.74) is 0.862. The van der Waals surface area contributed by atoms with Crippen molar-refractivity contribution in [1.82, 2.24) is 9.78 Å². The molecule has 0 aliphatic heterocycles. The Morgan fingerprint density at radius 3 is 2.55 bits per heavy atom. The van der Waals surface area contributed by atoms with Gasteiger partial charge in [-0.1, -0.05) is 17.7 Å². The Hall–Kier alpha value is -1.60. The molecule has 0 unspecified atom stereocenters. The lowest BCUT2D eigenvalue weighted by Crippen LogP contribution is -2.15. The molecule has 1 heterocycles. The number of anilines is 1. The van der Waals surface area contributed by atoms with Gasteiger partial charge in [-0.2, -0.15) is 5.10 Å². The minimum absolute atomic E-state index is 0.0249. The highest BCUT2D eigenvalue weighted by molar-refractivity contribution is 7.92. The maximum Gasteiger partial charge on any atom is 0.266 e. The number of hydrogen-bond donors (Lipinski definition) is 1. The fourth-order valence-electron chi connectivity index (χ4n) is 1.83. The lowest BCUT2D eigenvalue weighted by atomic mass is 10.2. The molecule has 0 amide bonds. The van der Waals surface area contributed by atoms with Gasteiger partial charge < -0.3 is 0 Å². The number of halogens is 2. The predicted molar refractivity (Wildman–Crippen MR) is 74.9 cm³/mol. The minimum atomic E-state index is -4.00. The van der Waals surface area contributed by atoms with Gasteiger partial charge in [0.1, 0.15) is 15.9 Å². The molecule has 1 N–H and O–H groups in total. The molecular weight excluding hydrogens is 305 g/mol. The number of aryl methyl sites for hydroxylation is 3. The number of aromatic nitrogens is 2. The highest BCUT2D eigenvalue weighted by atomic mass is 35.5. The maximum atomic E-state index is 13.6. The quantitative estimate of drug-likeness (QED) is 0.946. The Bertz CT molecular complexity index is 771. The molecule has 0 saturated carbocycles. The van der Waals surface area contributed by atoms with E-state index in [2.05, 4.69) is 9.82 Å². The molecule has 0 fully saturated rings.